The van der Waals surface area contributed by atoms with Crippen LogP contribution in [0.25, 0.3) is 0 Å². The van der Waals surface area contributed by atoms with Crippen molar-refractivity contribution in [2.75, 3.05) is 32.7 Å². The summed E-state index contributed by atoms with van der Waals surface area (Å²) >= 11 is 0. The normalized spacial score (nSPS) is 16.7. The molecule has 2 aliphatic heterocycles. The van der Waals surface area contributed by atoms with E-state index in [0.29, 0.717) is 26.2 Å². The highest BCUT2D eigenvalue weighted by Crippen LogP contribution is 2.41. The van der Waals surface area contributed by atoms with Gasteiger partial charge in [-0.1, -0.05) is 18.2 Å². The van der Waals surface area contributed by atoms with Gasteiger partial charge in [0.05, 0.1) is 11.4 Å². The van der Waals surface area contributed by atoms with Crippen LogP contribution in [0.3, 0.4) is 0 Å². The Labute approximate surface area is 325 Å². The van der Waals surface area contributed by atoms with Crippen molar-refractivity contribution in [3.05, 3.63) is 30.3 Å². The number of nitrogens with zero attached hydrogens (tertiary/aromatic N) is 3. The van der Waals surface area contributed by atoms with Crippen LogP contribution in [-0.2, 0) is 38.6 Å². The summed E-state index contributed by atoms with van der Waals surface area (Å²) in [4.78, 5) is 72.0. The first-order chi connectivity index (χ1) is 25.4. The predicted octanol–water partition coefficient (Wildman–Crippen LogP) is 4.48. The Morgan fingerprint density at radius 2 is 1.15 bits per heavy atom. The number of hydrogen-bond donors (Lipinski definition) is 3. The average molecular weight is 793 g/mol. The number of sulfonamides is 1. The van der Waals surface area contributed by atoms with Crippen LogP contribution in [0.5, 0.6) is 0 Å². The molecule has 1 aromatic carbocycles. The van der Waals surface area contributed by atoms with Gasteiger partial charge in [0.15, 0.2) is 0 Å². The van der Waals surface area contributed by atoms with Crippen molar-refractivity contribution >= 4 is 46.0 Å². The van der Waals surface area contributed by atoms with Gasteiger partial charge in [0.1, 0.15) is 22.8 Å². The molecule has 308 valence electrons. The number of ether oxygens (including phenoxy) is 3. The smallest absolute Gasteiger partial charge is 0.414 e. The summed E-state index contributed by atoms with van der Waals surface area (Å²) in [5, 5.41) is 4.82. The summed E-state index contributed by atoms with van der Waals surface area (Å²) in [6, 6.07) is 6.47. The van der Waals surface area contributed by atoms with E-state index in [2.05, 4.69) is 20.3 Å². The highest BCUT2D eigenvalue weighted by Gasteiger charge is 2.40. The van der Waals surface area contributed by atoms with Gasteiger partial charge in [-0.25, -0.2) is 18.0 Å². The summed E-state index contributed by atoms with van der Waals surface area (Å²) in [7, 11) is -4.04. The second kappa shape index (κ2) is 18.6. The standard InChI is InChI=1S/C38H60N6O10S/c1-35(2,3)52-31(47)28(42-55(50,51)27-13-11-10-12-14-27)15-16-29(45)43-23-18-38(19-24-43)20-25-44(26-21-38)30(46)17-22-39-32(40-33(48)53-36(4,5)6)41-34(49)54-37(7,8)9/h10-14,28,42H,15-26H2,1-9H3,(H2,39,40,41,48,49). The molecule has 0 saturated carbocycles. The van der Waals surface area contributed by atoms with Gasteiger partial charge in [0, 0.05) is 39.0 Å². The number of likely N-dealkylation sites (tertiary alicyclic amines) is 2. The summed E-state index contributed by atoms with van der Waals surface area (Å²) in [5.74, 6) is -1.22. The van der Waals surface area contributed by atoms with Crippen LogP contribution in [-0.4, -0.2) is 110 Å². The fraction of sp³-hybridized carbons (Fsp3) is 0.684. The number of piperidine rings is 2. The monoisotopic (exact) mass is 792 g/mol. The number of rotatable bonds is 10. The first-order valence-electron chi connectivity index (χ1n) is 18.8. The lowest BCUT2D eigenvalue weighted by molar-refractivity contribution is -0.157. The van der Waals surface area contributed by atoms with Gasteiger partial charge in [-0.15, -0.1) is 0 Å². The number of hydrogen-bond acceptors (Lipinski definition) is 11. The third kappa shape index (κ3) is 15.8. The number of esters is 1. The van der Waals surface area contributed by atoms with E-state index in [9.17, 15) is 32.4 Å². The molecule has 1 spiro atoms. The molecule has 0 aliphatic carbocycles. The minimum Gasteiger partial charge on any atom is -0.459 e. The molecule has 17 heteroatoms. The lowest BCUT2D eigenvalue weighted by Crippen LogP contribution is -2.50. The van der Waals surface area contributed by atoms with Crippen LogP contribution in [0.1, 0.15) is 107 Å². The van der Waals surface area contributed by atoms with E-state index in [1.165, 1.54) is 12.1 Å². The molecular formula is C38H60N6O10S. The van der Waals surface area contributed by atoms with E-state index in [0.717, 1.165) is 25.7 Å². The Morgan fingerprint density at radius 3 is 1.58 bits per heavy atom. The van der Waals surface area contributed by atoms with E-state index in [-0.39, 0.29) is 53.9 Å². The molecule has 55 heavy (non-hydrogen) atoms. The van der Waals surface area contributed by atoms with Crippen LogP contribution in [0.2, 0.25) is 0 Å². The molecule has 3 rings (SSSR count). The van der Waals surface area contributed by atoms with Gasteiger partial charge in [-0.05, 0) is 112 Å². The Kier molecular flexibility index (Phi) is 15.3. The van der Waals surface area contributed by atoms with E-state index < -0.39 is 51.0 Å². The van der Waals surface area contributed by atoms with Crippen molar-refractivity contribution in [1.82, 2.24) is 25.2 Å². The molecule has 0 radical (unpaired) electrons. The molecule has 0 aromatic heterocycles. The largest absolute Gasteiger partial charge is 0.459 e. The number of carbonyl (C=O) groups is 5. The zero-order valence-electron chi connectivity index (χ0n) is 33.8. The lowest BCUT2D eigenvalue weighted by Gasteiger charge is -2.47. The summed E-state index contributed by atoms with van der Waals surface area (Å²) < 4.78 is 44.5. The van der Waals surface area contributed by atoms with Crippen LogP contribution in [0, 0.1) is 5.41 Å². The highest BCUT2D eigenvalue weighted by atomic mass is 32.2. The van der Waals surface area contributed by atoms with Crippen LogP contribution >= 0.6 is 0 Å². The van der Waals surface area contributed by atoms with Crippen molar-refractivity contribution in [3.8, 4) is 0 Å². The van der Waals surface area contributed by atoms with Crippen LogP contribution < -0.4 is 15.4 Å². The van der Waals surface area contributed by atoms with Gasteiger partial charge in [0.2, 0.25) is 27.8 Å². The van der Waals surface area contributed by atoms with Crippen molar-refractivity contribution in [2.24, 2.45) is 10.4 Å². The lowest BCUT2D eigenvalue weighted by atomic mass is 9.71. The van der Waals surface area contributed by atoms with E-state index in [4.69, 9.17) is 14.2 Å². The van der Waals surface area contributed by atoms with Gasteiger partial charge < -0.3 is 24.0 Å². The second-order valence-corrected chi connectivity index (χ2v) is 18.8. The van der Waals surface area contributed by atoms with Gasteiger partial charge >= 0.3 is 18.2 Å². The number of benzene rings is 1. The molecule has 2 fully saturated rings. The molecule has 1 aromatic rings. The fourth-order valence-corrected chi connectivity index (χ4v) is 7.41. The van der Waals surface area contributed by atoms with E-state index in [1.54, 1.807) is 90.3 Å². The minimum absolute atomic E-state index is 0.000959. The zero-order valence-corrected chi connectivity index (χ0v) is 34.6. The fourth-order valence-electron chi connectivity index (χ4n) is 6.17. The average Bonchev–Trinajstić information content (AvgIpc) is 3.05. The first-order valence-corrected chi connectivity index (χ1v) is 20.2. The van der Waals surface area contributed by atoms with Gasteiger partial charge in [0.25, 0.3) is 0 Å². The quantitative estimate of drug-likeness (QED) is 0.131. The maximum absolute atomic E-state index is 13.3. The number of aliphatic imine (C=N–C) groups is 1. The third-order valence-electron chi connectivity index (χ3n) is 8.88. The van der Waals surface area contributed by atoms with Crippen molar-refractivity contribution < 1.29 is 46.6 Å². The molecule has 4 amide bonds. The summed E-state index contributed by atoms with van der Waals surface area (Å²) in [5.41, 5.74) is -2.43. The molecule has 1 unspecified atom stereocenters. The van der Waals surface area contributed by atoms with Gasteiger partial charge in [-0.3, -0.25) is 30.0 Å². The van der Waals surface area contributed by atoms with Crippen molar-refractivity contribution in [1.29, 1.82) is 0 Å². The molecule has 16 nitrogen and oxygen atoms in total. The topological polar surface area (TPSA) is 202 Å². The molecule has 0 bridgehead atoms. The molecule has 2 heterocycles. The zero-order chi connectivity index (χ0) is 41.2. The highest BCUT2D eigenvalue weighted by molar-refractivity contribution is 7.89. The maximum Gasteiger partial charge on any atom is 0.414 e. The summed E-state index contributed by atoms with van der Waals surface area (Å²) in [6.45, 7) is 17.4. The number of guanidine groups is 1. The number of nitrogens with one attached hydrogen (secondary N) is 3. The first kappa shape index (κ1) is 45.1. The van der Waals surface area contributed by atoms with Gasteiger partial charge in [-0.2, -0.15) is 4.72 Å². The summed E-state index contributed by atoms with van der Waals surface area (Å²) in [6.07, 6.45) is 1.39. The molecule has 2 aliphatic rings. The predicted molar refractivity (Wildman–Crippen MR) is 205 cm³/mol. The third-order valence-corrected chi connectivity index (χ3v) is 10.4. The van der Waals surface area contributed by atoms with Crippen molar-refractivity contribution in [3.63, 3.8) is 0 Å². The molecule has 2 saturated heterocycles. The van der Waals surface area contributed by atoms with E-state index in [1.807, 2.05) is 0 Å². The number of amides is 4. The Balaban J connectivity index is 1.51. The van der Waals surface area contributed by atoms with E-state index >= 15 is 0 Å². The molecular weight excluding hydrogens is 733 g/mol. The molecule has 1 atom stereocenters. The Bertz CT molecular complexity index is 1610. The number of carbonyl (C=O) groups excluding carboxylic acids is 5. The van der Waals surface area contributed by atoms with Crippen LogP contribution in [0.4, 0.5) is 9.59 Å². The Hall–Kier alpha value is -4.25. The molecule has 3 N–H and O–H groups in total. The van der Waals surface area contributed by atoms with Crippen LogP contribution in [0.15, 0.2) is 40.2 Å². The minimum atomic E-state index is -4.04. The van der Waals surface area contributed by atoms with Crippen molar-refractivity contribution in [2.45, 2.75) is 135 Å². The SMILES string of the molecule is CC(C)(C)OC(=O)NC(=NCCC(=O)N1CCC2(CC1)CCN(C(=O)CCC(NS(=O)(=O)c1ccccc1)C(=O)OC(C)(C)C)CC2)NC(=O)OC(C)(C)C. The number of alkyl carbamates (subject to hydrolysis) is 2. The second-order valence-electron chi connectivity index (χ2n) is 17.1. The maximum atomic E-state index is 13.3. The Morgan fingerprint density at radius 1 is 0.709 bits per heavy atom.